The first-order valence-corrected chi connectivity index (χ1v) is 7.43. The highest BCUT2D eigenvalue weighted by molar-refractivity contribution is 5.94. The molecule has 1 aromatic carbocycles. The van der Waals surface area contributed by atoms with E-state index in [0.29, 0.717) is 18.7 Å². The van der Waals surface area contributed by atoms with Gasteiger partial charge in [0.25, 0.3) is 5.91 Å². The van der Waals surface area contributed by atoms with E-state index in [1.54, 1.807) is 12.1 Å². The molecule has 4 heteroatoms. The monoisotopic (exact) mass is 276 g/mol. The zero-order chi connectivity index (χ0) is 14.4. The topological polar surface area (TPSA) is 64.3 Å². The molecule has 0 aromatic heterocycles. The Bertz CT molecular complexity index is 436. The molecule has 1 fully saturated rings. The summed E-state index contributed by atoms with van der Waals surface area (Å²) in [5.74, 6) is 0.718. The third-order valence-electron chi connectivity index (χ3n) is 3.88. The summed E-state index contributed by atoms with van der Waals surface area (Å²) in [6, 6.07) is 7.20. The molecular formula is C16H24N2O2. The predicted octanol–water partition coefficient (Wildman–Crippen LogP) is 2.48. The van der Waals surface area contributed by atoms with Crippen LogP contribution < -0.4 is 15.8 Å². The van der Waals surface area contributed by atoms with Gasteiger partial charge in [-0.15, -0.1) is 0 Å². The maximum absolute atomic E-state index is 12.1. The van der Waals surface area contributed by atoms with Gasteiger partial charge in [0.15, 0.2) is 0 Å². The van der Waals surface area contributed by atoms with Gasteiger partial charge >= 0.3 is 0 Å². The van der Waals surface area contributed by atoms with Crippen molar-refractivity contribution in [2.75, 3.05) is 13.2 Å². The zero-order valence-electron chi connectivity index (χ0n) is 12.2. The molecule has 0 saturated heterocycles. The first-order valence-electron chi connectivity index (χ1n) is 7.43. The minimum Gasteiger partial charge on any atom is -0.494 e. The molecule has 0 aliphatic heterocycles. The first-order chi connectivity index (χ1) is 9.63. The fourth-order valence-corrected chi connectivity index (χ4v) is 2.66. The fourth-order valence-electron chi connectivity index (χ4n) is 2.66. The average Bonchev–Trinajstić information content (AvgIpc) is 2.47. The Hall–Kier alpha value is -1.55. The number of nitrogens with one attached hydrogen (secondary N) is 1. The number of hydrogen-bond donors (Lipinski definition) is 2. The second-order valence-electron chi connectivity index (χ2n) is 5.56. The maximum Gasteiger partial charge on any atom is 0.251 e. The molecule has 0 unspecified atom stereocenters. The number of rotatable bonds is 5. The lowest BCUT2D eigenvalue weighted by atomic mass is 9.82. The van der Waals surface area contributed by atoms with Crippen molar-refractivity contribution in [2.24, 2.45) is 5.73 Å². The lowest BCUT2D eigenvalue weighted by molar-refractivity contribution is 0.0937. The van der Waals surface area contributed by atoms with Crippen LogP contribution in [0.15, 0.2) is 24.3 Å². The van der Waals surface area contributed by atoms with Crippen LogP contribution in [0.3, 0.4) is 0 Å². The summed E-state index contributed by atoms with van der Waals surface area (Å²) in [5, 5.41) is 2.96. The van der Waals surface area contributed by atoms with Crippen molar-refractivity contribution < 1.29 is 9.53 Å². The van der Waals surface area contributed by atoms with E-state index in [1.807, 2.05) is 19.1 Å². The summed E-state index contributed by atoms with van der Waals surface area (Å²) < 4.78 is 5.36. The van der Waals surface area contributed by atoms with Crippen molar-refractivity contribution in [3.05, 3.63) is 29.8 Å². The second-order valence-corrected chi connectivity index (χ2v) is 5.56. The van der Waals surface area contributed by atoms with Crippen molar-refractivity contribution >= 4 is 5.91 Å². The number of carbonyl (C=O) groups is 1. The van der Waals surface area contributed by atoms with Crippen molar-refractivity contribution in [1.82, 2.24) is 5.32 Å². The van der Waals surface area contributed by atoms with Crippen LogP contribution in [-0.2, 0) is 0 Å². The van der Waals surface area contributed by atoms with E-state index in [1.165, 1.54) is 6.42 Å². The zero-order valence-corrected chi connectivity index (χ0v) is 12.2. The molecule has 0 atom stereocenters. The van der Waals surface area contributed by atoms with Crippen LogP contribution in [-0.4, -0.2) is 24.6 Å². The largest absolute Gasteiger partial charge is 0.494 e. The third kappa shape index (κ3) is 3.97. The Kier molecular flexibility index (Phi) is 5.01. The lowest BCUT2D eigenvalue weighted by Crippen LogP contribution is -2.51. The molecule has 1 saturated carbocycles. The van der Waals surface area contributed by atoms with Gasteiger partial charge in [-0.3, -0.25) is 4.79 Å². The number of hydrogen-bond acceptors (Lipinski definition) is 3. The van der Waals surface area contributed by atoms with Gasteiger partial charge < -0.3 is 15.8 Å². The number of carbonyl (C=O) groups excluding carboxylic acids is 1. The van der Waals surface area contributed by atoms with E-state index >= 15 is 0 Å². The van der Waals surface area contributed by atoms with Crippen LogP contribution >= 0.6 is 0 Å². The minimum atomic E-state index is -0.223. The van der Waals surface area contributed by atoms with Gasteiger partial charge in [-0.25, -0.2) is 0 Å². The first kappa shape index (κ1) is 14.9. The van der Waals surface area contributed by atoms with Crippen molar-refractivity contribution in [1.29, 1.82) is 0 Å². The van der Waals surface area contributed by atoms with E-state index in [9.17, 15) is 4.79 Å². The number of nitrogens with two attached hydrogens (primary N) is 1. The number of amides is 1. The lowest BCUT2D eigenvalue weighted by Gasteiger charge is -2.33. The molecular weight excluding hydrogens is 252 g/mol. The fraction of sp³-hybridized carbons (Fsp3) is 0.562. The van der Waals surface area contributed by atoms with Gasteiger partial charge in [-0.2, -0.15) is 0 Å². The average molecular weight is 276 g/mol. The second kappa shape index (κ2) is 6.75. The van der Waals surface area contributed by atoms with Crippen LogP contribution in [0.25, 0.3) is 0 Å². The van der Waals surface area contributed by atoms with Crippen LogP contribution in [0, 0.1) is 0 Å². The summed E-state index contributed by atoms with van der Waals surface area (Å²) >= 11 is 0. The van der Waals surface area contributed by atoms with Crippen molar-refractivity contribution in [3.63, 3.8) is 0 Å². The molecule has 1 amide bonds. The summed E-state index contributed by atoms with van der Waals surface area (Å²) in [6.07, 6.45) is 5.57. The van der Waals surface area contributed by atoms with E-state index in [-0.39, 0.29) is 11.4 Å². The quantitative estimate of drug-likeness (QED) is 0.868. The summed E-state index contributed by atoms with van der Waals surface area (Å²) in [7, 11) is 0. The Morgan fingerprint density at radius 3 is 2.50 bits per heavy atom. The molecule has 3 N–H and O–H groups in total. The molecule has 1 aromatic rings. The molecule has 0 radical (unpaired) electrons. The Morgan fingerprint density at radius 2 is 1.90 bits per heavy atom. The van der Waals surface area contributed by atoms with Gasteiger partial charge in [-0.1, -0.05) is 19.3 Å². The van der Waals surface area contributed by atoms with Crippen LogP contribution in [0.2, 0.25) is 0 Å². The molecule has 2 rings (SSSR count). The van der Waals surface area contributed by atoms with E-state index in [4.69, 9.17) is 10.5 Å². The normalized spacial score (nSPS) is 17.5. The van der Waals surface area contributed by atoms with Gasteiger partial charge in [-0.05, 0) is 44.0 Å². The van der Waals surface area contributed by atoms with Crippen molar-refractivity contribution in [2.45, 2.75) is 44.6 Å². The number of ether oxygens (including phenoxy) is 1. The molecule has 20 heavy (non-hydrogen) atoms. The number of benzene rings is 1. The van der Waals surface area contributed by atoms with E-state index < -0.39 is 0 Å². The predicted molar refractivity (Wildman–Crippen MR) is 79.9 cm³/mol. The molecule has 0 bridgehead atoms. The maximum atomic E-state index is 12.1. The molecule has 4 nitrogen and oxygen atoms in total. The Labute approximate surface area is 120 Å². The van der Waals surface area contributed by atoms with E-state index in [2.05, 4.69) is 5.32 Å². The van der Waals surface area contributed by atoms with Gasteiger partial charge in [0.2, 0.25) is 0 Å². The third-order valence-corrected chi connectivity index (χ3v) is 3.88. The van der Waals surface area contributed by atoms with Crippen LogP contribution in [0.4, 0.5) is 0 Å². The standard InChI is InChI=1S/C16H24N2O2/c1-2-20-14-8-6-13(7-9-14)15(19)18-12-16(17)10-4-3-5-11-16/h6-9H,2-5,10-12,17H2,1H3,(H,18,19). The van der Waals surface area contributed by atoms with Crippen LogP contribution in [0.5, 0.6) is 5.75 Å². The van der Waals surface area contributed by atoms with Crippen molar-refractivity contribution in [3.8, 4) is 5.75 Å². The highest BCUT2D eigenvalue weighted by atomic mass is 16.5. The van der Waals surface area contributed by atoms with E-state index in [0.717, 1.165) is 31.4 Å². The molecule has 0 heterocycles. The van der Waals surface area contributed by atoms with Crippen LogP contribution in [0.1, 0.15) is 49.4 Å². The minimum absolute atomic E-state index is 0.0663. The SMILES string of the molecule is CCOc1ccc(C(=O)NCC2(N)CCCCC2)cc1. The molecule has 0 spiro atoms. The Morgan fingerprint density at radius 1 is 1.25 bits per heavy atom. The van der Waals surface area contributed by atoms with Gasteiger partial charge in [0, 0.05) is 17.6 Å². The van der Waals surface area contributed by atoms with Gasteiger partial charge in [0.1, 0.15) is 5.75 Å². The summed E-state index contributed by atoms with van der Waals surface area (Å²) in [6.45, 7) is 3.12. The summed E-state index contributed by atoms with van der Waals surface area (Å²) in [4.78, 5) is 12.1. The van der Waals surface area contributed by atoms with Gasteiger partial charge in [0.05, 0.1) is 6.61 Å². The summed E-state index contributed by atoms with van der Waals surface area (Å²) in [5.41, 5.74) is 6.74. The smallest absolute Gasteiger partial charge is 0.251 e. The molecule has 1 aliphatic carbocycles. The molecule has 110 valence electrons. The highest BCUT2D eigenvalue weighted by Gasteiger charge is 2.27. The Balaban J connectivity index is 1.87. The highest BCUT2D eigenvalue weighted by Crippen LogP contribution is 2.25. The molecule has 1 aliphatic rings.